The molecule has 0 spiro atoms. The second-order valence-electron chi connectivity index (χ2n) is 9.05. The number of oxazole rings is 1. The third kappa shape index (κ3) is 12.8. The van der Waals surface area contributed by atoms with Crippen molar-refractivity contribution in [3.05, 3.63) is 17.3 Å². The van der Waals surface area contributed by atoms with Gasteiger partial charge < -0.3 is 20.2 Å². The van der Waals surface area contributed by atoms with Crippen LogP contribution in [-0.4, -0.2) is 40.5 Å². The fraction of sp³-hybridized carbons (Fsp3) is 0.769. The first-order chi connectivity index (χ1) is 16.4. The van der Waals surface area contributed by atoms with Gasteiger partial charge >= 0.3 is 5.97 Å². The fourth-order valence-corrected chi connectivity index (χ4v) is 3.82. The number of carboxylic acid groups (broad SMARTS) is 1. The second kappa shape index (κ2) is 18.0. The van der Waals surface area contributed by atoms with Crippen LogP contribution in [0.3, 0.4) is 0 Å². The van der Waals surface area contributed by atoms with E-state index in [0.717, 1.165) is 44.9 Å². The first-order valence-electron chi connectivity index (χ1n) is 13.2. The van der Waals surface area contributed by atoms with Crippen molar-refractivity contribution in [1.29, 1.82) is 0 Å². The monoisotopic (exact) mass is 479 g/mol. The average molecular weight is 480 g/mol. The molecule has 1 rings (SSSR count). The molecule has 0 saturated carbocycles. The lowest BCUT2D eigenvalue weighted by molar-refractivity contribution is -0.142. The number of nitrogens with one attached hydrogen (secondary N) is 2. The number of rotatable bonds is 20. The Morgan fingerprint density at radius 2 is 1.56 bits per heavy atom. The van der Waals surface area contributed by atoms with Gasteiger partial charge in [0, 0.05) is 19.4 Å². The van der Waals surface area contributed by atoms with Crippen LogP contribution in [0.2, 0.25) is 0 Å². The van der Waals surface area contributed by atoms with E-state index in [0.29, 0.717) is 49.6 Å². The molecule has 0 radical (unpaired) electrons. The van der Waals surface area contributed by atoms with Crippen LogP contribution >= 0.6 is 0 Å². The summed E-state index contributed by atoms with van der Waals surface area (Å²) in [5.74, 6) is -0.400. The molecule has 1 heterocycles. The molecular formula is C26H45N3O5. The van der Waals surface area contributed by atoms with Crippen LogP contribution in [0, 0.1) is 6.92 Å². The molecule has 3 N–H and O–H groups in total. The highest BCUT2D eigenvalue weighted by Crippen LogP contribution is 2.13. The van der Waals surface area contributed by atoms with E-state index < -0.39 is 12.0 Å². The van der Waals surface area contributed by atoms with E-state index in [9.17, 15) is 19.5 Å². The van der Waals surface area contributed by atoms with E-state index in [1.165, 1.54) is 25.7 Å². The van der Waals surface area contributed by atoms with Crippen molar-refractivity contribution in [1.82, 2.24) is 15.6 Å². The summed E-state index contributed by atoms with van der Waals surface area (Å²) in [5, 5.41) is 14.9. The van der Waals surface area contributed by atoms with Crippen LogP contribution in [0.15, 0.2) is 4.42 Å². The quantitative estimate of drug-likeness (QED) is 0.217. The van der Waals surface area contributed by atoms with Gasteiger partial charge in [-0.05, 0) is 39.0 Å². The molecule has 2 amide bonds. The maximum atomic E-state index is 12.4. The smallest absolute Gasteiger partial charge is 0.326 e. The molecule has 1 atom stereocenters. The molecule has 194 valence electrons. The van der Waals surface area contributed by atoms with Gasteiger partial charge in [-0.2, -0.15) is 0 Å². The Morgan fingerprint density at radius 3 is 2.24 bits per heavy atom. The molecule has 1 aromatic heterocycles. The zero-order chi connectivity index (χ0) is 25.2. The minimum atomic E-state index is -1.02. The standard InChI is InChI=1S/C26H45N3O5/c1-4-6-8-9-10-11-13-17-22(30)28-21(26(32)33)16-14-15-19-27-25(31)24-20(3)34-23(29-24)18-12-7-5-2/h21H,4-19H2,1-3H3,(H,27,31)(H,28,30)(H,32,33). The van der Waals surface area contributed by atoms with Gasteiger partial charge in [0.1, 0.15) is 11.8 Å². The lowest BCUT2D eigenvalue weighted by atomic mass is 10.1. The first kappa shape index (κ1) is 29.7. The van der Waals surface area contributed by atoms with E-state index in [-0.39, 0.29) is 11.8 Å². The van der Waals surface area contributed by atoms with Gasteiger partial charge in [-0.25, -0.2) is 9.78 Å². The lowest BCUT2D eigenvalue weighted by Crippen LogP contribution is -2.40. The molecule has 8 heteroatoms. The van der Waals surface area contributed by atoms with Crippen LogP contribution in [0.1, 0.15) is 126 Å². The van der Waals surface area contributed by atoms with Gasteiger partial charge in [-0.15, -0.1) is 0 Å². The highest BCUT2D eigenvalue weighted by atomic mass is 16.4. The van der Waals surface area contributed by atoms with Gasteiger partial charge in [-0.3, -0.25) is 9.59 Å². The zero-order valence-electron chi connectivity index (χ0n) is 21.4. The predicted octanol–water partition coefficient (Wildman–Crippen LogP) is 5.33. The largest absolute Gasteiger partial charge is 0.480 e. The van der Waals surface area contributed by atoms with Crippen molar-refractivity contribution in [2.24, 2.45) is 0 Å². The van der Waals surface area contributed by atoms with Gasteiger partial charge in [0.05, 0.1) is 0 Å². The fourth-order valence-electron chi connectivity index (χ4n) is 3.82. The van der Waals surface area contributed by atoms with Crippen LogP contribution in [-0.2, 0) is 16.0 Å². The van der Waals surface area contributed by atoms with Crippen molar-refractivity contribution in [2.45, 2.75) is 123 Å². The number of amides is 2. The summed E-state index contributed by atoms with van der Waals surface area (Å²) in [6, 6.07) is -0.892. The van der Waals surface area contributed by atoms with E-state index in [4.69, 9.17) is 4.42 Å². The molecule has 0 fully saturated rings. The van der Waals surface area contributed by atoms with Gasteiger partial charge in [0.2, 0.25) is 5.91 Å². The normalized spacial score (nSPS) is 11.9. The van der Waals surface area contributed by atoms with E-state index >= 15 is 0 Å². The number of hydrogen-bond donors (Lipinski definition) is 3. The molecule has 8 nitrogen and oxygen atoms in total. The highest BCUT2D eigenvalue weighted by molar-refractivity contribution is 5.93. The topological polar surface area (TPSA) is 122 Å². The maximum Gasteiger partial charge on any atom is 0.326 e. The third-order valence-corrected chi connectivity index (χ3v) is 5.90. The SMILES string of the molecule is CCCCCCCCCC(=O)NC(CCCCNC(=O)c1nc(CCCCC)oc1C)C(=O)O. The Balaban J connectivity index is 2.25. The summed E-state index contributed by atoms with van der Waals surface area (Å²) in [6.45, 7) is 6.46. The highest BCUT2D eigenvalue weighted by Gasteiger charge is 2.20. The zero-order valence-corrected chi connectivity index (χ0v) is 21.4. The third-order valence-electron chi connectivity index (χ3n) is 5.90. The van der Waals surface area contributed by atoms with Crippen LogP contribution in [0.5, 0.6) is 0 Å². The number of aromatic nitrogens is 1. The average Bonchev–Trinajstić information content (AvgIpc) is 3.17. The number of nitrogens with zero attached hydrogens (tertiary/aromatic N) is 1. The number of carboxylic acids is 1. The second-order valence-corrected chi connectivity index (χ2v) is 9.05. The Labute approximate surface area is 204 Å². The molecule has 1 aromatic rings. The Morgan fingerprint density at radius 1 is 0.912 bits per heavy atom. The minimum absolute atomic E-state index is 0.203. The van der Waals surface area contributed by atoms with E-state index in [1.807, 2.05) is 0 Å². The molecule has 34 heavy (non-hydrogen) atoms. The van der Waals surface area contributed by atoms with Crippen LogP contribution in [0.4, 0.5) is 0 Å². The summed E-state index contributed by atoms with van der Waals surface area (Å²) in [7, 11) is 0. The van der Waals surface area contributed by atoms with E-state index in [2.05, 4.69) is 29.5 Å². The van der Waals surface area contributed by atoms with E-state index in [1.54, 1.807) is 6.92 Å². The van der Waals surface area contributed by atoms with Crippen molar-refractivity contribution in [3.8, 4) is 0 Å². The number of unbranched alkanes of at least 4 members (excludes halogenated alkanes) is 9. The predicted molar refractivity (Wildman–Crippen MR) is 133 cm³/mol. The maximum absolute atomic E-state index is 12.4. The van der Waals surface area contributed by atoms with Gasteiger partial charge in [0.25, 0.3) is 5.91 Å². The van der Waals surface area contributed by atoms with Gasteiger partial charge in [-0.1, -0.05) is 65.2 Å². The van der Waals surface area contributed by atoms with Gasteiger partial charge in [0.15, 0.2) is 11.6 Å². The molecule has 0 aliphatic heterocycles. The number of carbonyl (C=O) groups excluding carboxylic acids is 2. The lowest BCUT2D eigenvalue weighted by Gasteiger charge is -2.14. The number of hydrogen-bond acceptors (Lipinski definition) is 5. The Kier molecular flexibility index (Phi) is 15.7. The molecule has 0 aliphatic rings. The summed E-state index contributed by atoms with van der Waals surface area (Å²) < 4.78 is 5.58. The molecular weight excluding hydrogens is 434 g/mol. The summed E-state index contributed by atoms with van der Waals surface area (Å²) >= 11 is 0. The number of aryl methyl sites for hydroxylation is 2. The summed E-state index contributed by atoms with van der Waals surface area (Å²) in [6.07, 6.45) is 13.6. The molecule has 0 aromatic carbocycles. The summed E-state index contributed by atoms with van der Waals surface area (Å²) in [5.41, 5.74) is 0.313. The Bertz CT molecular complexity index is 732. The van der Waals surface area contributed by atoms with Crippen LogP contribution in [0.25, 0.3) is 0 Å². The van der Waals surface area contributed by atoms with Crippen LogP contribution < -0.4 is 10.6 Å². The van der Waals surface area contributed by atoms with Crippen molar-refractivity contribution < 1.29 is 23.9 Å². The number of aliphatic carboxylic acids is 1. The summed E-state index contributed by atoms with van der Waals surface area (Å²) in [4.78, 5) is 40.3. The molecule has 1 unspecified atom stereocenters. The number of carbonyl (C=O) groups is 3. The first-order valence-corrected chi connectivity index (χ1v) is 13.2. The van der Waals surface area contributed by atoms with Crippen molar-refractivity contribution >= 4 is 17.8 Å². The molecule has 0 saturated heterocycles. The van der Waals surface area contributed by atoms with Crippen molar-refractivity contribution in [3.63, 3.8) is 0 Å². The molecule has 0 aliphatic carbocycles. The molecule has 0 bridgehead atoms. The Hall–Kier alpha value is -2.38. The minimum Gasteiger partial charge on any atom is -0.480 e. The van der Waals surface area contributed by atoms with Crippen molar-refractivity contribution in [2.75, 3.05) is 6.54 Å².